The molecule has 1 unspecified atom stereocenters. The van der Waals surface area contributed by atoms with Gasteiger partial charge in [0.2, 0.25) is 0 Å². The SMILES string of the molecule is CC(O)(c1ccc(Cl)cc1)[C@H]1O[C@@H](n2ccc3c(N)ncnc32)[C@H](O)[C@@H]1O. The maximum Gasteiger partial charge on any atom is 0.164 e. The summed E-state index contributed by atoms with van der Waals surface area (Å²) in [6, 6.07) is 8.28. The molecule has 1 aromatic carbocycles. The molecule has 1 aliphatic rings. The van der Waals surface area contributed by atoms with Crippen molar-refractivity contribution < 1.29 is 20.1 Å². The van der Waals surface area contributed by atoms with Crippen LogP contribution in [0.25, 0.3) is 11.0 Å². The molecule has 0 radical (unpaired) electrons. The van der Waals surface area contributed by atoms with Crippen LogP contribution in [0.5, 0.6) is 0 Å². The summed E-state index contributed by atoms with van der Waals surface area (Å²) in [5.74, 6) is 0.302. The van der Waals surface area contributed by atoms with Crippen molar-refractivity contribution in [2.75, 3.05) is 5.73 Å². The van der Waals surface area contributed by atoms with Gasteiger partial charge in [0.25, 0.3) is 0 Å². The van der Waals surface area contributed by atoms with Gasteiger partial charge in [-0.2, -0.15) is 0 Å². The Kier molecular flexibility index (Phi) is 4.32. The fourth-order valence-electron chi connectivity index (χ4n) is 3.50. The van der Waals surface area contributed by atoms with Gasteiger partial charge >= 0.3 is 0 Å². The molecule has 1 saturated heterocycles. The molecule has 0 spiro atoms. The molecule has 142 valence electrons. The smallest absolute Gasteiger partial charge is 0.164 e. The van der Waals surface area contributed by atoms with Crippen molar-refractivity contribution in [2.45, 2.75) is 37.1 Å². The number of rotatable bonds is 3. The molecule has 2 aromatic heterocycles. The molecular formula is C18H19ClN4O4. The second kappa shape index (κ2) is 6.43. The summed E-state index contributed by atoms with van der Waals surface area (Å²) in [5, 5.41) is 33.3. The fraction of sp³-hybridized carbons (Fsp3) is 0.333. The van der Waals surface area contributed by atoms with Gasteiger partial charge in [0.1, 0.15) is 41.7 Å². The number of nitrogens with two attached hydrogens (primary N) is 1. The Morgan fingerprint density at radius 3 is 2.56 bits per heavy atom. The first kappa shape index (κ1) is 18.1. The minimum absolute atomic E-state index is 0.302. The summed E-state index contributed by atoms with van der Waals surface area (Å²) < 4.78 is 7.48. The predicted molar refractivity (Wildman–Crippen MR) is 98.9 cm³/mol. The number of hydrogen-bond donors (Lipinski definition) is 4. The standard InChI is InChI=1S/C18H19ClN4O4/c1-18(26,9-2-4-10(19)5-3-9)14-12(24)13(25)17(27-14)23-7-6-11-15(20)21-8-22-16(11)23/h2-8,12-14,17,24-26H,1H3,(H2,20,21,22)/t12-,13+,14-,17+,18?/m0/s1. The Labute approximate surface area is 159 Å². The Balaban J connectivity index is 1.70. The average Bonchev–Trinajstić information content (AvgIpc) is 3.19. The molecule has 5 N–H and O–H groups in total. The molecule has 8 nitrogen and oxygen atoms in total. The number of benzene rings is 1. The minimum atomic E-state index is -1.56. The maximum atomic E-state index is 11.0. The molecule has 27 heavy (non-hydrogen) atoms. The molecule has 0 amide bonds. The van der Waals surface area contributed by atoms with Crippen LogP contribution in [0.3, 0.4) is 0 Å². The van der Waals surface area contributed by atoms with Crippen LogP contribution in [0.2, 0.25) is 5.02 Å². The fourth-order valence-corrected chi connectivity index (χ4v) is 3.63. The maximum absolute atomic E-state index is 11.0. The highest BCUT2D eigenvalue weighted by molar-refractivity contribution is 6.30. The van der Waals surface area contributed by atoms with Crippen molar-refractivity contribution in [2.24, 2.45) is 0 Å². The Hall–Kier alpha value is -2.23. The van der Waals surface area contributed by atoms with Crippen LogP contribution in [0.15, 0.2) is 42.9 Å². The van der Waals surface area contributed by atoms with Crippen molar-refractivity contribution in [3.8, 4) is 0 Å². The zero-order valence-corrected chi connectivity index (χ0v) is 15.2. The minimum Gasteiger partial charge on any atom is -0.387 e. The first-order valence-electron chi connectivity index (χ1n) is 8.37. The first-order valence-corrected chi connectivity index (χ1v) is 8.75. The summed E-state index contributed by atoms with van der Waals surface area (Å²) in [4.78, 5) is 8.12. The Morgan fingerprint density at radius 2 is 1.85 bits per heavy atom. The van der Waals surface area contributed by atoms with E-state index in [-0.39, 0.29) is 0 Å². The van der Waals surface area contributed by atoms with Crippen molar-refractivity contribution in [1.82, 2.24) is 14.5 Å². The third kappa shape index (κ3) is 2.86. The van der Waals surface area contributed by atoms with E-state index < -0.39 is 30.1 Å². The van der Waals surface area contributed by atoms with Crippen LogP contribution < -0.4 is 5.73 Å². The van der Waals surface area contributed by atoms with Gasteiger partial charge in [-0.25, -0.2) is 9.97 Å². The number of nitrogens with zero attached hydrogens (tertiary/aromatic N) is 3. The summed E-state index contributed by atoms with van der Waals surface area (Å²) in [5.41, 5.74) is 5.26. The van der Waals surface area contributed by atoms with Gasteiger partial charge in [-0.15, -0.1) is 0 Å². The van der Waals surface area contributed by atoms with E-state index in [1.165, 1.54) is 13.3 Å². The summed E-state index contributed by atoms with van der Waals surface area (Å²) in [6.45, 7) is 1.52. The number of nitrogen functional groups attached to an aromatic ring is 1. The normalized spacial score (nSPS) is 27.7. The van der Waals surface area contributed by atoms with Gasteiger partial charge in [0.15, 0.2) is 6.23 Å². The molecule has 4 rings (SSSR count). The van der Waals surface area contributed by atoms with Crippen LogP contribution in [0.4, 0.5) is 5.82 Å². The molecule has 1 aliphatic heterocycles. The lowest BCUT2D eigenvalue weighted by Gasteiger charge is -2.32. The molecule has 5 atom stereocenters. The number of aliphatic hydroxyl groups excluding tert-OH is 2. The summed E-state index contributed by atoms with van der Waals surface area (Å²) in [6.07, 6.45) is -1.66. The first-order chi connectivity index (χ1) is 12.8. The zero-order chi connectivity index (χ0) is 19.3. The largest absolute Gasteiger partial charge is 0.387 e. The lowest BCUT2D eigenvalue weighted by molar-refractivity contribution is -0.135. The second-order valence-electron chi connectivity index (χ2n) is 6.80. The molecule has 3 heterocycles. The van der Waals surface area contributed by atoms with Crippen LogP contribution in [0, 0.1) is 0 Å². The second-order valence-corrected chi connectivity index (χ2v) is 7.24. The Morgan fingerprint density at radius 1 is 1.15 bits per heavy atom. The lowest BCUT2D eigenvalue weighted by atomic mass is 9.87. The third-order valence-electron chi connectivity index (χ3n) is 5.04. The molecule has 3 aromatic rings. The molecule has 0 aliphatic carbocycles. The monoisotopic (exact) mass is 390 g/mol. The molecule has 0 saturated carbocycles. The highest BCUT2D eigenvalue weighted by Gasteiger charge is 2.52. The van der Waals surface area contributed by atoms with Gasteiger partial charge in [-0.3, -0.25) is 0 Å². The molecule has 9 heteroatoms. The number of hydrogen-bond acceptors (Lipinski definition) is 7. The highest BCUT2D eigenvalue weighted by Crippen LogP contribution is 2.40. The lowest BCUT2D eigenvalue weighted by Crippen LogP contribution is -2.45. The van der Waals surface area contributed by atoms with Gasteiger partial charge in [0, 0.05) is 11.2 Å². The van der Waals surface area contributed by atoms with Crippen molar-refractivity contribution in [3.63, 3.8) is 0 Å². The number of aliphatic hydroxyl groups is 3. The average molecular weight is 391 g/mol. The van der Waals surface area contributed by atoms with Crippen molar-refractivity contribution >= 4 is 28.5 Å². The van der Waals surface area contributed by atoms with E-state index >= 15 is 0 Å². The van der Waals surface area contributed by atoms with E-state index in [1.54, 1.807) is 41.1 Å². The number of halogens is 1. The van der Waals surface area contributed by atoms with E-state index in [0.717, 1.165) is 0 Å². The van der Waals surface area contributed by atoms with Crippen molar-refractivity contribution in [1.29, 1.82) is 0 Å². The van der Waals surface area contributed by atoms with Gasteiger partial charge < -0.3 is 30.4 Å². The zero-order valence-electron chi connectivity index (χ0n) is 14.4. The van der Waals surface area contributed by atoms with E-state index in [2.05, 4.69) is 9.97 Å². The van der Waals surface area contributed by atoms with Crippen molar-refractivity contribution in [3.05, 3.63) is 53.4 Å². The van der Waals surface area contributed by atoms with Gasteiger partial charge in [-0.05, 0) is 30.7 Å². The molecular weight excluding hydrogens is 372 g/mol. The number of aromatic nitrogens is 3. The van der Waals surface area contributed by atoms with Crippen LogP contribution in [0.1, 0.15) is 18.7 Å². The predicted octanol–water partition coefficient (Wildman–Crippen LogP) is 1.19. The highest BCUT2D eigenvalue weighted by atomic mass is 35.5. The van der Waals surface area contributed by atoms with Crippen LogP contribution >= 0.6 is 11.6 Å². The van der Waals surface area contributed by atoms with Gasteiger partial charge in [-0.1, -0.05) is 23.7 Å². The Bertz CT molecular complexity index is 975. The van der Waals surface area contributed by atoms with E-state index in [0.29, 0.717) is 27.4 Å². The quantitative estimate of drug-likeness (QED) is 0.529. The van der Waals surface area contributed by atoms with E-state index in [9.17, 15) is 15.3 Å². The number of fused-ring (bicyclic) bond motifs is 1. The van der Waals surface area contributed by atoms with E-state index in [4.69, 9.17) is 22.1 Å². The topological polar surface area (TPSA) is 127 Å². The van der Waals surface area contributed by atoms with E-state index in [1.807, 2.05) is 0 Å². The van der Waals surface area contributed by atoms with Crippen LogP contribution in [-0.4, -0.2) is 48.2 Å². The number of ether oxygens (including phenoxy) is 1. The van der Waals surface area contributed by atoms with Gasteiger partial charge in [0.05, 0.1) is 5.39 Å². The summed E-state index contributed by atoms with van der Waals surface area (Å²) >= 11 is 5.90. The molecule has 1 fully saturated rings. The number of anilines is 1. The third-order valence-corrected chi connectivity index (χ3v) is 5.29. The summed E-state index contributed by atoms with van der Waals surface area (Å²) in [7, 11) is 0. The van der Waals surface area contributed by atoms with Crippen LogP contribution in [-0.2, 0) is 10.3 Å². The molecule has 0 bridgehead atoms.